The van der Waals surface area contributed by atoms with Crippen molar-refractivity contribution >= 4 is 5.91 Å². The molecule has 1 heterocycles. The summed E-state index contributed by atoms with van der Waals surface area (Å²) in [6.07, 6.45) is 3.93. The molecule has 0 aromatic heterocycles. The molecule has 1 rings (SSSR count). The van der Waals surface area contributed by atoms with Gasteiger partial charge in [0.05, 0.1) is 19.1 Å². The van der Waals surface area contributed by atoms with Gasteiger partial charge in [-0.3, -0.25) is 4.79 Å². The fraction of sp³-hybridized carbons (Fsp3) is 0.933. The van der Waals surface area contributed by atoms with Crippen molar-refractivity contribution in [3.63, 3.8) is 0 Å². The largest absolute Gasteiger partial charge is 0.396 e. The van der Waals surface area contributed by atoms with Gasteiger partial charge in [-0.25, -0.2) is 0 Å². The van der Waals surface area contributed by atoms with E-state index in [2.05, 4.69) is 24.5 Å². The maximum Gasteiger partial charge on any atom is 0.227 e. The molecule has 0 spiro atoms. The van der Waals surface area contributed by atoms with Crippen LogP contribution in [0.5, 0.6) is 0 Å². The Balaban J connectivity index is 2.36. The maximum atomic E-state index is 12.2. The minimum Gasteiger partial charge on any atom is -0.396 e. The first-order valence-corrected chi connectivity index (χ1v) is 7.92. The third-order valence-corrected chi connectivity index (χ3v) is 3.87. The van der Waals surface area contributed by atoms with E-state index in [1.165, 1.54) is 0 Å². The number of ether oxygens (including phenoxy) is 1. The van der Waals surface area contributed by atoms with Crippen LogP contribution in [-0.4, -0.2) is 50.0 Å². The SMILES string of the molecule is CCCNC1COCC1C(=O)NCC(CCC)CCO. The van der Waals surface area contributed by atoms with Gasteiger partial charge in [0.15, 0.2) is 0 Å². The summed E-state index contributed by atoms with van der Waals surface area (Å²) in [4.78, 5) is 12.2. The lowest BCUT2D eigenvalue weighted by Gasteiger charge is -2.21. The van der Waals surface area contributed by atoms with E-state index in [9.17, 15) is 4.79 Å². The van der Waals surface area contributed by atoms with Gasteiger partial charge in [0, 0.05) is 19.2 Å². The number of carbonyl (C=O) groups excluding carboxylic acids is 1. The second-order valence-corrected chi connectivity index (χ2v) is 5.62. The summed E-state index contributed by atoms with van der Waals surface area (Å²) in [5.41, 5.74) is 0. The van der Waals surface area contributed by atoms with Gasteiger partial charge in [-0.05, 0) is 31.7 Å². The molecule has 0 aromatic rings. The van der Waals surface area contributed by atoms with Gasteiger partial charge in [0.1, 0.15) is 0 Å². The van der Waals surface area contributed by atoms with E-state index in [1.807, 2.05) is 0 Å². The molecule has 3 atom stereocenters. The Morgan fingerprint density at radius 3 is 2.75 bits per heavy atom. The van der Waals surface area contributed by atoms with Gasteiger partial charge in [0.25, 0.3) is 0 Å². The Labute approximate surface area is 122 Å². The van der Waals surface area contributed by atoms with Crippen molar-refractivity contribution < 1.29 is 14.6 Å². The highest BCUT2D eigenvalue weighted by Gasteiger charge is 2.33. The van der Waals surface area contributed by atoms with Crippen LogP contribution in [0.4, 0.5) is 0 Å². The van der Waals surface area contributed by atoms with Crippen LogP contribution in [-0.2, 0) is 9.53 Å². The monoisotopic (exact) mass is 286 g/mol. The number of aliphatic hydroxyl groups excluding tert-OH is 1. The second kappa shape index (κ2) is 10.1. The summed E-state index contributed by atoms with van der Waals surface area (Å²) in [5, 5.41) is 15.4. The fourth-order valence-electron chi connectivity index (χ4n) is 2.66. The third kappa shape index (κ3) is 5.77. The lowest BCUT2D eigenvalue weighted by atomic mass is 9.98. The number of rotatable bonds is 10. The number of amides is 1. The predicted molar refractivity (Wildman–Crippen MR) is 79.5 cm³/mol. The standard InChI is InChI=1S/C15H30N2O3/c1-3-5-12(6-8-18)9-17-15(19)13-10-20-11-14(13)16-7-4-2/h12-14,16,18H,3-11H2,1-2H3,(H,17,19). The maximum absolute atomic E-state index is 12.2. The fourth-order valence-corrected chi connectivity index (χ4v) is 2.66. The Bertz CT molecular complexity index is 268. The number of hydrogen-bond donors (Lipinski definition) is 3. The number of hydrogen-bond acceptors (Lipinski definition) is 4. The summed E-state index contributed by atoms with van der Waals surface area (Å²) >= 11 is 0. The number of carbonyl (C=O) groups is 1. The Kier molecular flexibility index (Phi) is 8.82. The van der Waals surface area contributed by atoms with Gasteiger partial charge in [-0.15, -0.1) is 0 Å². The Morgan fingerprint density at radius 2 is 2.10 bits per heavy atom. The van der Waals surface area contributed by atoms with E-state index in [-0.39, 0.29) is 24.5 Å². The molecule has 3 unspecified atom stereocenters. The summed E-state index contributed by atoms with van der Waals surface area (Å²) in [6.45, 7) is 7.13. The molecule has 20 heavy (non-hydrogen) atoms. The Morgan fingerprint density at radius 1 is 1.30 bits per heavy atom. The predicted octanol–water partition coefficient (Wildman–Crippen LogP) is 0.916. The van der Waals surface area contributed by atoms with Crippen molar-refractivity contribution in [2.75, 3.05) is 32.9 Å². The molecular weight excluding hydrogens is 256 g/mol. The minimum absolute atomic E-state index is 0.0788. The topological polar surface area (TPSA) is 70.6 Å². The molecular formula is C15H30N2O3. The molecule has 0 radical (unpaired) electrons. The lowest BCUT2D eigenvalue weighted by Crippen LogP contribution is -2.45. The molecule has 1 aliphatic heterocycles. The quantitative estimate of drug-likeness (QED) is 0.558. The molecule has 118 valence electrons. The van der Waals surface area contributed by atoms with Crippen molar-refractivity contribution in [3.8, 4) is 0 Å². The van der Waals surface area contributed by atoms with Crippen LogP contribution in [0, 0.1) is 11.8 Å². The van der Waals surface area contributed by atoms with E-state index in [4.69, 9.17) is 9.84 Å². The average Bonchev–Trinajstić information content (AvgIpc) is 2.91. The summed E-state index contributed by atoms with van der Waals surface area (Å²) in [7, 11) is 0. The number of nitrogens with one attached hydrogen (secondary N) is 2. The zero-order chi connectivity index (χ0) is 14.8. The molecule has 0 aromatic carbocycles. The van der Waals surface area contributed by atoms with Crippen molar-refractivity contribution in [3.05, 3.63) is 0 Å². The zero-order valence-corrected chi connectivity index (χ0v) is 12.9. The molecule has 5 nitrogen and oxygen atoms in total. The van der Waals surface area contributed by atoms with E-state index in [0.717, 1.165) is 32.2 Å². The molecule has 0 bridgehead atoms. The molecule has 1 fully saturated rings. The molecule has 5 heteroatoms. The van der Waals surface area contributed by atoms with E-state index >= 15 is 0 Å². The average molecular weight is 286 g/mol. The minimum atomic E-state index is -0.0852. The molecule has 0 saturated carbocycles. The first kappa shape index (κ1) is 17.4. The highest BCUT2D eigenvalue weighted by molar-refractivity contribution is 5.79. The van der Waals surface area contributed by atoms with Gasteiger partial charge >= 0.3 is 0 Å². The Hall–Kier alpha value is -0.650. The third-order valence-electron chi connectivity index (χ3n) is 3.87. The van der Waals surface area contributed by atoms with Crippen LogP contribution >= 0.6 is 0 Å². The molecule has 1 saturated heterocycles. The first-order valence-electron chi connectivity index (χ1n) is 7.92. The van der Waals surface area contributed by atoms with Crippen LogP contribution in [0.3, 0.4) is 0 Å². The van der Waals surface area contributed by atoms with Crippen molar-refractivity contribution in [2.24, 2.45) is 11.8 Å². The van der Waals surface area contributed by atoms with Crippen LogP contribution in [0.2, 0.25) is 0 Å². The van der Waals surface area contributed by atoms with Crippen LogP contribution < -0.4 is 10.6 Å². The lowest BCUT2D eigenvalue weighted by molar-refractivity contribution is -0.125. The highest BCUT2D eigenvalue weighted by atomic mass is 16.5. The molecule has 1 aliphatic rings. The number of aliphatic hydroxyl groups is 1. The summed E-state index contributed by atoms with van der Waals surface area (Å²) < 4.78 is 5.43. The first-order chi connectivity index (χ1) is 9.72. The zero-order valence-electron chi connectivity index (χ0n) is 12.9. The van der Waals surface area contributed by atoms with Gasteiger partial charge < -0.3 is 20.5 Å². The van der Waals surface area contributed by atoms with Crippen LogP contribution in [0.1, 0.15) is 39.5 Å². The molecule has 0 aliphatic carbocycles. The van der Waals surface area contributed by atoms with Crippen LogP contribution in [0.15, 0.2) is 0 Å². The second-order valence-electron chi connectivity index (χ2n) is 5.62. The highest BCUT2D eigenvalue weighted by Crippen LogP contribution is 2.15. The van der Waals surface area contributed by atoms with Crippen LogP contribution in [0.25, 0.3) is 0 Å². The van der Waals surface area contributed by atoms with Gasteiger partial charge in [0.2, 0.25) is 5.91 Å². The molecule has 3 N–H and O–H groups in total. The summed E-state index contributed by atoms with van der Waals surface area (Å²) in [6, 6.07) is 0.136. The van der Waals surface area contributed by atoms with Gasteiger partial charge in [-0.2, -0.15) is 0 Å². The van der Waals surface area contributed by atoms with E-state index in [0.29, 0.717) is 25.7 Å². The normalized spacial score (nSPS) is 23.8. The van der Waals surface area contributed by atoms with E-state index < -0.39 is 0 Å². The van der Waals surface area contributed by atoms with Crippen molar-refractivity contribution in [1.29, 1.82) is 0 Å². The smallest absolute Gasteiger partial charge is 0.227 e. The molecule has 1 amide bonds. The summed E-state index contributed by atoms with van der Waals surface area (Å²) in [5.74, 6) is 0.367. The van der Waals surface area contributed by atoms with Gasteiger partial charge in [-0.1, -0.05) is 20.3 Å². The van der Waals surface area contributed by atoms with Crippen molar-refractivity contribution in [2.45, 2.75) is 45.6 Å². The van der Waals surface area contributed by atoms with E-state index in [1.54, 1.807) is 0 Å². The van der Waals surface area contributed by atoms with Crippen molar-refractivity contribution in [1.82, 2.24) is 10.6 Å².